The topological polar surface area (TPSA) is 110 Å². The van der Waals surface area contributed by atoms with Gasteiger partial charge in [0.05, 0.1) is 34.1 Å². The molecule has 1 fully saturated rings. The lowest BCUT2D eigenvalue weighted by atomic mass is 9.95. The first kappa shape index (κ1) is 34.5. The molecule has 4 aromatic rings. The van der Waals surface area contributed by atoms with Gasteiger partial charge in [-0.2, -0.15) is 31.6 Å². The van der Waals surface area contributed by atoms with Crippen LogP contribution in [0.15, 0.2) is 65.5 Å². The molecule has 0 saturated heterocycles. The molecule has 3 heterocycles. The Bertz CT molecular complexity index is 2160. The van der Waals surface area contributed by atoms with Crippen LogP contribution in [0.25, 0.3) is 21.7 Å². The fourth-order valence-corrected chi connectivity index (χ4v) is 6.01. The molecule has 0 unspecified atom stereocenters. The smallest absolute Gasteiger partial charge is 0.383 e. The summed E-state index contributed by atoms with van der Waals surface area (Å²) in [6.07, 6.45) is 0.166. The first-order valence-corrected chi connectivity index (χ1v) is 15.6. The van der Waals surface area contributed by atoms with Crippen molar-refractivity contribution in [2.24, 2.45) is 5.41 Å². The zero-order valence-corrected chi connectivity index (χ0v) is 27.1. The molecule has 0 radical (unpaired) electrons. The number of pyridine rings is 2. The molecule has 2 aromatic carbocycles. The van der Waals surface area contributed by atoms with Gasteiger partial charge in [-0.25, -0.2) is 0 Å². The van der Waals surface area contributed by atoms with Crippen molar-refractivity contribution in [1.82, 2.24) is 25.5 Å². The molecule has 4 N–H and O–H groups in total. The minimum atomic E-state index is -4.65. The molecule has 9 nitrogen and oxygen atoms in total. The summed E-state index contributed by atoms with van der Waals surface area (Å²) in [5.41, 5.74) is 4.76. The quantitative estimate of drug-likeness (QED) is 0.117. The highest BCUT2D eigenvalue weighted by atomic mass is 19.4. The van der Waals surface area contributed by atoms with E-state index in [1.807, 2.05) is 20.8 Å². The van der Waals surface area contributed by atoms with Gasteiger partial charge in [0.1, 0.15) is 12.6 Å². The third-order valence-corrected chi connectivity index (χ3v) is 8.68. The molecule has 50 heavy (non-hydrogen) atoms. The van der Waals surface area contributed by atoms with Crippen LogP contribution < -0.4 is 27.2 Å². The standard InChI is InChI=1S/C35H32F6N8O/c1-5-20-16-43-29-21(15-42)13-22(14-26(29)28(20)44-18-32(2,3)4)45-30(27-17-49(47-46-27)33(10-11-33)35(39,40)41)24-7-6-8-25-23(24)9-12-48(31(25)50)19-34(36,37)38/h1,6-9,12-14,16-17,30,45-47H,10-11,18-19H2,2-4H3,(H,43,44)/t30-/m0/s1. The number of alkyl halides is 6. The second-order valence-corrected chi connectivity index (χ2v) is 13.6. The number of halogens is 6. The maximum atomic E-state index is 14.1. The first-order valence-electron chi connectivity index (χ1n) is 15.6. The van der Waals surface area contributed by atoms with Gasteiger partial charge in [-0.15, -0.1) is 12.0 Å². The Morgan fingerprint density at radius 2 is 1.80 bits per heavy atom. The number of nitrogens with one attached hydrogen (secondary N) is 4. The fraction of sp³-hybridized carbons (Fsp3) is 0.343. The Hall–Kier alpha value is -5.41. The number of anilines is 2. The predicted octanol–water partition coefficient (Wildman–Crippen LogP) is 6.84. The molecule has 6 rings (SSSR count). The van der Waals surface area contributed by atoms with Crippen LogP contribution in [-0.4, -0.2) is 39.0 Å². The third kappa shape index (κ3) is 6.48. The number of aromatic nitrogens is 2. The zero-order valence-electron chi connectivity index (χ0n) is 27.1. The average Bonchev–Trinajstić information content (AvgIpc) is 3.73. The first-order chi connectivity index (χ1) is 23.4. The van der Waals surface area contributed by atoms with E-state index in [0.717, 1.165) is 11.2 Å². The van der Waals surface area contributed by atoms with Crippen molar-refractivity contribution >= 4 is 33.1 Å². The summed E-state index contributed by atoms with van der Waals surface area (Å²) in [6.45, 7) is 5.12. The number of hydrazine groups is 2. The highest BCUT2D eigenvalue weighted by molar-refractivity contribution is 5.99. The highest BCUT2D eigenvalue weighted by Gasteiger charge is 2.67. The molecule has 15 heteroatoms. The second kappa shape index (κ2) is 12.2. The summed E-state index contributed by atoms with van der Waals surface area (Å²) >= 11 is 0. The van der Waals surface area contributed by atoms with Crippen molar-refractivity contribution < 1.29 is 26.3 Å². The normalized spacial score (nSPS) is 16.4. The second-order valence-electron chi connectivity index (χ2n) is 13.6. The summed E-state index contributed by atoms with van der Waals surface area (Å²) in [7, 11) is 0. The van der Waals surface area contributed by atoms with Gasteiger partial charge in [0.15, 0.2) is 5.54 Å². The molecule has 1 aliphatic carbocycles. The van der Waals surface area contributed by atoms with Gasteiger partial charge in [0, 0.05) is 41.6 Å². The molecule has 2 aliphatic rings. The number of hydrogen-bond donors (Lipinski definition) is 4. The van der Waals surface area contributed by atoms with E-state index in [0.29, 0.717) is 44.5 Å². The molecule has 2 aromatic heterocycles. The van der Waals surface area contributed by atoms with Crippen LogP contribution >= 0.6 is 0 Å². The van der Waals surface area contributed by atoms with Gasteiger partial charge >= 0.3 is 12.4 Å². The van der Waals surface area contributed by atoms with Crippen LogP contribution in [0.1, 0.15) is 56.3 Å². The number of terminal acetylenes is 1. The number of nitrogens with zero attached hydrogens (tertiary/aromatic N) is 4. The third-order valence-electron chi connectivity index (χ3n) is 8.68. The lowest BCUT2D eigenvalue weighted by molar-refractivity contribution is -0.195. The van der Waals surface area contributed by atoms with Gasteiger partial charge in [0.25, 0.3) is 5.56 Å². The van der Waals surface area contributed by atoms with Crippen molar-refractivity contribution in [2.45, 2.75) is 64.1 Å². The van der Waals surface area contributed by atoms with Crippen LogP contribution in [0.5, 0.6) is 0 Å². The Kier molecular flexibility index (Phi) is 8.39. The van der Waals surface area contributed by atoms with Crippen molar-refractivity contribution in [3.8, 4) is 18.4 Å². The van der Waals surface area contributed by atoms with E-state index in [4.69, 9.17) is 6.42 Å². The Morgan fingerprint density at radius 1 is 1.06 bits per heavy atom. The number of hydrogen-bond acceptors (Lipinski definition) is 8. The van der Waals surface area contributed by atoms with Crippen LogP contribution in [0.2, 0.25) is 0 Å². The van der Waals surface area contributed by atoms with Crippen molar-refractivity contribution in [1.29, 1.82) is 5.26 Å². The summed E-state index contributed by atoms with van der Waals surface area (Å²) in [4.78, 5) is 17.7. The predicted molar refractivity (Wildman–Crippen MR) is 177 cm³/mol. The molecular formula is C35H32F6N8O. The van der Waals surface area contributed by atoms with Crippen molar-refractivity contribution in [3.63, 3.8) is 0 Å². The van der Waals surface area contributed by atoms with E-state index in [1.165, 1.54) is 36.7 Å². The maximum absolute atomic E-state index is 14.1. The van der Waals surface area contributed by atoms with Crippen molar-refractivity contribution in [3.05, 3.63) is 87.7 Å². The van der Waals surface area contributed by atoms with E-state index in [1.54, 1.807) is 12.1 Å². The molecule has 1 atom stereocenters. The van der Waals surface area contributed by atoms with Gasteiger partial charge in [0.2, 0.25) is 0 Å². The SMILES string of the molecule is C#Cc1cnc2c(C#N)cc(N[C@H](C3=CN(C4(C(F)(F)F)CC4)NN3)c3cccc4c(=O)n(CC(F)(F)F)ccc34)cc2c1NCC(C)(C)C. The number of fused-ring (bicyclic) bond motifs is 2. The largest absolute Gasteiger partial charge is 0.413 e. The Labute approximate surface area is 282 Å². The van der Waals surface area contributed by atoms with E-state index in [9.17, 15) is 36.4 Å². The number of rotatable bonds is 8. The maximum Gasteiger partial charge on any atom is 0.413 e. The fourth-order valence-electron chi connectivity index (χ4n) is 6.01. The Morgan fingerprint density at radius 3 is 2.42 bits per heavy atom. The van der Waals surface area contributed by atoms with Gasteiger partial charge in [-0.05, 0) is 53.5 Å². The van der Waals surface area contributed by atoms with Crippen LogP contribution in [-0.2, 0) is 6.54 Å². The van der Waals surface area contributed by atoms with E-state index in [2.05, 4.69) is 38.6 Å². The molecule has 0 bridgehead atoms. The lowest BCUT2D eigenvalue weighted by Gasteiger charge is -2.28. The lowest BCUT2D eigenvalue weighted by Crippen LogP contribution is -2.52. The van der Waals surface area contributed by atoms with Crippen LogP contribution in [0, 0.1) is 29.1 Å². The summed E-state index contributed by atoms with van der Waals surface area (Å²) < 4.78 is 82.5. The van der Waals surface area contributed by atoms with E-state index < -0.39 is 36.0 Å². The Balaban J connectivity index is 1.52. The number of benzene rings is 2. The minimum absolute atomic E-state index is 0.0221. The molecular weight excluding hydrogens is 662 g/mol. The molecule has 260 valence electrons. The van der Waals surface area contributed by atoms with E-state index in [-0.39, 0.29) is 40.3 Å². The van der Waals surface area contributed by atoms with Crippen LogP contribution in [0.4, 0.5) is 37.7 Å². The molecule has 1 aliphatic heterocycles. The summed E-state index contributed by atoms with van der Waals surface area (Å²) in [5, 5.41) is 18.6. The van der Waals surface area contributed by atoms with Gasteiger partial charge in [-0.1, -0.05) is 38.8 Å². The van der Waals surface area contributed by atoms with Crippen molar-refractivity contribution in [2.75, 3.05) is 17.2 Å². The van der Waals surface area contributed by atoms with Gasteiger partial charge < -0.3 is 20.6 Å². The molecule has 1 saturated carbocycles. The summed E-state index contributed by atoms with van der Waals surface area (Å²) in [6, 6.07) is 10.3. The summed E-state index contributed by atoms with van der Waals surface area (Å²) in [5.74, 6) is 2.62. The highest BCUT2D eigenvalue weighted by Crippen LogP contribution is 2.54. The number of nitriles is 1. The minimum Gasteiger partial charge on any atom is -0.383 e. The van der Waals surface area contributed by atoms with E-state index >= 15 is 0 Å². The monoisotopic (exact) mass is 694 g/mol. The zero-order chi connectivity index (χ0) is 36.2. The molecule has 0 amide bonds. The average molecular weight is 695 g/mol. The van der Waals surface area contributed by atoms with Gasteiger partial charge in [-0.3, -0.25) is 14.8 Å². The molecule has 0 spiro atoms. The van der Waals surface area contributed by atoms with Crippen LogP contribution in [0.3, 0.4) is 0 Å².